The number of hydrogen-bond donors (Lipinski definition) is 2. The molecule has 0 aromatic heterocycles. The van der Waals surface area contributed by atoms with Crippen LogP contribution in [0.15, 0.2) is 18.2 Å². The Morgan fingerprint density at radius 1 is 1.53 bits per heavy atom. The van der Waals surface area contributed by atoms with E-state index in [1.807, 2.05) is 0 Å². The van der Waals surface area contributed by atoms with Crippen molar-refractivity contribution >= 4 is 11.6 Å². The average molecular weight is 267 g/mol. The molecule has 1 aromatic carbocycles. The topological polar surface area (TPSA) is 107 Å². The van der Waals surface area contributed by atoms with Crippen molar-refractivity contribution in [3.8, 4) is 5.75 Å². The normalized spacial score (nSPS) is 10.9. The highest BCUT2D eigenvalue weighted by molar-refractivity contribution is 5.95. The molecule has 0 radical (unpaired) electrons. The first-order valence-electron chi connectivity index (χ1n) is 5.64. The highest BCUT2D eigenvalue weighted by Gasteiger charge is 2.19. The molecule has 1 amide bonds. The maximum Gasteiger partial charge on any atom is 0.311 e. The molecule has 19 heavy (non-hydrogen) atoms. The Morgan fingerprint density at radius 3 is 2.63 bits per heavy atom. The molecular weight excluding hydrogens is 250 g/mol. The lowest BCUT2D eigenvalue weighted by atomic mass is 10.1. The number of hydrogen-bond acceptors (Lipinski definition) is 5. The third kappa shape index (κ3) is 4.22. The van der Waals surface area contributed by atoms with Crippen molar-refractivity contribution in [1.82, 2.24) is 5.32 Å². The molecule has 7 heteroatoms. The van der Waals surface area contributed by atoms with Crippen molar-refractivity contribution in [2.75, 3.05) is 13.7 Å². The fourth-order valence-electron chi connectivity index (χ4n) is 1.38. The smallest absolute Gasteiger partial charge is 0.311 e. The first-order valence-corrected chi connectivity index (χ1v) is 5.64. The predicted molar refractivity (Wildman–Crippen MR) is 70.2 cm³/mol. The van der Waals surface area contributed by atoms with Crippen molar-refractivity contribution in [1.29, 1.82) is 0 Å². The fraction of sp³-hybridized carbons (Fsp3) is 0.417. The summed E-state index contributed by atoms with van der Waals surface area (Å²) < 4.78 is 4.86. The van der Waals surface area contributed by atoms with Crippen molar-refractivity contribution in [2.24, 2.45) is 5.73 Å². The number of nitrogens with zero attached hydrogens (tertiary/aromatic N) is 1. The van der Waals surface area contributed by atoms with Gasteiger partial charge in [-0.1, -0.05) is 0 Å². The number of amides is 1. The van der Waals surface area contributed by atoms with Crippen LogP contribution in [0.5, 0.6) is 5.75 Å². The summed E-state index contributed by atoms with van der Waals surface area (Å²) in [5, 5.41) is 13.5. The third-order valence-corrected chi connectivity index (χ3v) is 2.34. The van der Waals surface area contributed by atoms with E-state index in [1.54, 1.807) is 13.8 Å². The van der Waals surface area contributed by atoms with Gasteiger partial charge in [0.05, 0.1) is 12.0 Å². The van der Waals surface area contributed by atoms with Gasteiger partial charge in [-0.25, -0.2) is 0 Å². The van der Waals surface area contributed by atoms with E-state index in [2.05, 4.69) is 5.32 Å². The van der Waals surface area contributed by atoms with Crippen molar-refractivity contribution < 1.29 is 14.5 Å². The number of nitrogens with two attached hydrogens (primary N) is 1. The van der Waals surface area contributed by atoms with Crippen LogP contribution in [-0.4, -0.2) is 30.0 Å². The predicted octanol–water partition coefficient (Wildman–Crippen LogP) is 1.07. The number of nitrogens with one attached hydrogen (secondary N) is 1. The van der Waals surface area contributed by atoms with E-state index in [4.69, 9.17) is 10.5 Å². The molecule has 0 aliphatic rings. The summed E-state index contributed by atoms with van der Waals surface area (Å²) in [5.74, 6) is -0.301. The van der Waals surface area contributed by atoms with Crippen LogP contribution in [0.25, 0.3) is 0 Å². The van der Waals surface area contributed by atoms with E-state index >= 15 is 0 Å². The summed E-state index contributed by atoms with van der Waals surface area (Å²) in [4.78, 5) is 22.1. The van der Waals surface area contributed by atoms with Crippen LogP contribution in [-0.2, 0) is 0 Å². The second-order valence-electron chi connectivity index (χ2n) is 4.81. The lowest BCUT2D eigenvalue weighted by molar-refractivity contribution is -0.385. The van der Waals surface area contributed by atoms with Gasteiger partial charge in [-0.2, -0.15) is 0 Å². The molecule has 0 fully saturated rings. The van der Waals surface area contributed by atoms with Crippen LogP contribution in [0.3, 0.4) is 0 Å². The Bertz CT molecular complexity index is 494. The third-order valence-electron chi connectivity index (χ3n) is 2.34. The number of rotatable bonds is 5. The zero-order valence-electron chi connectivity index (χ0n) is 11.1. The fourth-order valence-corrected chi connectivity index (χ4v) is 1.38. The molecule has 0 saturated heterocycles. The number of ether oxygens (including phenoxy) is 1. The van der Waals surface area contributed by atoms with Crippen LogP contribution in [0, 0.1) is 10.1 Å². The highest BCUT2D eigenvalue weighted by Crippen LogP contribution is 2.27. The minimum absolute atomic E-state index is 0.112. The molecule has 0 saturated carbocycles. The van der Waals surface area contributed by atoms with Gasteiger partial charge in [-0.05, 0) is 26.0 Å². The molecule has 3 N–H and O–H groups in total. The van der Waals surface area contributed by atoms with Crippen molar-refractivity contribution in [3.05, 3.63) is 33.9 Å². The molecule has 0 bridgehead atoms. The van der Waals surface area contributed by atoms with Gasteiger partial charge in [0.2, 0.25) is 0 Å². The van der Waals surface area contributed by atoms with Gasteiger partial charge in [0.15, 0.2) is 5.75 Å². The quantitative estimate of drug-likeness (QED) is 0.613. The van der Waals surface area contributed by atoms with E-state index in [0.29, 0.717) is 0 Å². The number of benzene rings is 1. The van der Waals surface area contributed by atoms with Gasteiger partial charge in [0.25, 0.3) is 5.91 Å². The van der Waals surface area contributed by atoms with Crippen LogP contribution < -0.4 is 15.8 Å². The summed E-state index contributed by atoms with van der Waals surface area (Å²) in [5.41, 5.74) is 5.14. The molecule has 0 spiro atoms. The second-order valence-corrected chi connectivity index (χ2v) is 4.81. The van der Waals surface area contributed by atoms with E-state index in [1.165, 1.54) is 25.3 Å². The molecule has 0 unspecified atom stereocenters. The minimum Gasteiger partial charge on any atom is -0.490 e. The Hall–Kier alpha value is -2.15. The Labute approximate surface area is 110 Å². The molecule has 0 heterocycles. The first-order chi connectivity index (χ1) is 8.74. The Kier molecular flexibility index (Phi) is 4.44. The van der Waals surface area contributed by atoms with Crippen molar-refractivity contribution in [3.63, 3.8) is 0 Å². The molecule has 104 valence electrons. The molecule has 0 atom stereocenters. The molecule has 1 aromatic rings. The van der Waals surface area contributed by atoms with Crippen LogP contribution >= 0.6 is 0 Å². The summed E-state index contributed by atoms with van der Waals surface area (Å²) >= 11 is 0. The number of nitro benzene ring substituents is 1. The lowest BCUT2D eigenvalue weighted by Gasteiger charge is -2.18. The highest BCUT2D eigenvalue weighted by atomic mass is 16.6. The van der Waals surface area contributed by atoms with Crippen LogP contribution in [0.1, 0.15) is 24.2 Å². The monoisotopic (exact) mass is 267 g/mol. The summed E-state index contributed by atoms with van der Waals surface area (Å²) in [6, 6.07) is 4.03. The summed E-state index contributed by atoms with van der Waals surface area (Å²) in [7, 11) is 1.33. The molecule has 7 nitrogen and oxygen atoms in total. The maximum absolute atomic E-state index is 11.8. The Balaban J connectivity index is 2.93. The van der Waals surface area contributed by atoms with Gasteiger partial charge in [0.1, 0.15) is 0 Å². The van der Waals surface area contributed by atoms with E-state index in [9.17, 15) is 14.9 Å². The van der Waals surface area contributed by atoms with Crippen LogP contribution in [0.4, 0.5) is 5.69 Å². The number of carbonyl (C=O) groups is 1. The summed E-state index contributed by atoms with van der Waals surface area (Å²) in [6.07, 6.45) is 0. The molecule has 1 rings (SSSR count). The number of carbonyl (C=O) groups excluding carboxylic acids is 1. The second kappa shape index (κ2) is 5.66. The zero-order valence-corrected chi connectivity index (χ0v) is 11.1. The van der Waals surface area contributed by atoms with E-state index in [0.717, 1.165) is 0 Å². The SMILES string of the molecule is COc1ccc(C(=O)NCC(C)(C)N)cc1[N+](=O)[O-]. The maximum atomic E-state index is 11.8. The number of nitro groups is 1. The first kappa shape index (κ1) is 14.9. The molecular formula is C12H17N3O4. The lowest BCUT2D eigenvalue weighted by Crippen LogP contribution is -2.45. The van der Waals surface area contributed by atoms with Gasteiger partial charge in [-0.3, -0.25) is 14.9 Å². The molecule has 0 aliphatic carbocycles. The van der Waals surface area contributed by atoms with E-state index < -0.39 is 16.4 Å². The van der Waals surface area contributed by atoms with Gasteiger partial charge in [0, 0.05) is 23.7 Å². The van der Waals surface area contributed by atoms with E-state index in [-0.39, 0.29) is 23.5 Å². The minimum atomic E-state index is -0.595. The van der Waals surface area contributed by atoms with Crippen LogP contribution in [0.2, 0.25) is 0 Å². The average Bonchev–Trinajstić information content (AvgIpc) is 2.34. The standard InChI is InChI=1S/C12H17N3O4/c1-12(2,13)7-14-11(16)8-4-5-10(19-3)9(6-8)15(17)18/h4-6H,7,13H2,1-3H3,(H,14,16). The van der Waals surface area contributed by atoms with Gasteiger partial charge < -0.3 is 15.8 Å². The van der Waals surface area contributed by atoms with Crippen molar-refractivity contribution in [2.45, 2.75) is 19.4 Å². The zero-order chi connectivity index (χ0) is 14.6. The van der Waals surface area contributed by atoms with Gasteiger partial charge >= 0.3 is 5.69 Å². The largest absolute Gasteiger partial charge is 0.490 e. The Morgan fingerprint density at radius 2 is 2.16 bits per heavy atom. The number of methoxy groups -OCH3 is 1. The summed E-state index contributed by atoms with van der Waals surface area (Å²) in [6.45, 7) is 3.80. The molecule has 0 aliphatic heterocycles. The van der Waals surface area contributed by atoms with Gasteiger partial charge in [-0.15, -0.1) is 0 Å².